The minimum absolute atomic E-state index is 0.0149. The van der Waals surface area contributed by atoms with Crippen LogP contribution in [0.5, 0.6) is 6.01 Å². The summed E-state index contributed by atoms with van der Waals surface area (Å²) < 4.78 is 4.99. The molecule has 6 nitrogen and oxygen atoms in total. The molecule has 0 radical (unpaired) electrons. The lowest BCUT2D eigenvalue weighted by atomic mass is 10.5. The molecular weight excluding hydrogens is 160 g/mol. The summed E-state index contributed by atoms with van der Waals surface area (Å²) in [4.78, 5) is 20.0. The first-order valence-electron chi connectivity index (χ1n) is 3.59. The Morgan fingerprint density at radius 2 is 2.33 bits per heavy atom. The molecule has 12 heavy (non-hydrogen) atoms. The molecule has 1 aromatic heterocycles. The van der Waals surface area contributed by atoms with Gasteiger partial charge < -0.3 is 10.5 Å². The van der Waals surface area contributed by atoms with Crippen molar-refractivity contribution in [3.05, 3.63) is 10.5 Å². The van der Waals surface area contributed by atoms with Gasteiger partial charge in [-0.2, -0.15) is 4.98 Å². The SMILES string of the molecule is CCCOc1nc(N)[nH]c(=O)n1. The van der Waals surface area contributed by atoms with Crippen molar-refractivity contribution in [3.63, 3.8) is 0 Å². The molecule has 0 saturated heterocycles. The molecule has 0 spiro atoms. The lowest BCUT2D eigenvalue weighted by molar-refractivity contribution is 0.290. The third-order valence-electron chi connectivity index (χ3n) is 1.08. The Labute approximate surface area is 68.8 Å². The van der Waals surface area contributed by atoms with Gasteiger partial charge in [-0.1, -0.05) is 6.92 Å². The number of ether oxygens (including phenoxy) is 1. The Hall–Kier alpha value is -1.59. The second-order valence-corrected chi connectivity index (χ2v) is 2.17. The Morgan fingerprint density at radius 3 is 2.92 bits per heavy atom. The van der Waals surface area contributed by atoms with E-state index in [0.717, 1.165) is 6.42 Å². The van der Waals surface area contributed by atoms with Crippen molar-refractivity contribution < 1.29 is 4.74 Å². The van der Waals surface area contributed by atoms with Gasteiger partial charge in [0.15, 0.2) is 0 Å². The Morgan fingerprint density at radius 1 is 1.58 bits per heavy atom. The first-order chi connectivity index (χ1) is 5.72. The number of nitrogens with one attached hydrogen (secondary N) is 1. The highest BCUT2D eigenvalue weighted by Crippen LogP contribution is 1.98. The number of anilines is 1. The minimum Gasteiger partial charge on any atom is -0.463 e. The van der Waals surface area contributed by atoms with Crippen molar-refractivity contribution in [2.45, 2.75) is 13.3 Å². The second-order valence-electron chi connectivity index (χ2n) is 2.17. The number of hydrogen-bond acceptors (Lipinski definition) is 5. The quantitative estimate of drug-likeness (QED) is 0.639. The fourth-order valence-electron chi connectivity index (χ4n) is 0.638. The minimum atomic E-state index is -0.548. The van der Waals surface area contributed by atoms with Gasteiger partial charge in [0.2, 0.25) is 5.95 Å². The normalized spacial score (nSPS) is 9.75. The standard InChI is InChI=1S/C6H10N4O2/c1-2-3-12-6-9-4(7)8-5(11)10-6/h2-3H2,1H3,(H3,7,8,9,10,11). The van der Waals surface area contributed by atoms with Crippen molar-refractivity contribution in [2.75, 3.05) is 12.3 Å². The van der Waals surface area contributed by atoms with Gasteiger partial charge in [-0.05, 0) is 6.42 Å². The maximum Gasteiger partial charge on any atom is 0.352 e. The summed E-state index contributed by atoms with van der Waals surface area (Å²) in [6.07, 6.45) is 0.829. The van der Waals surface area contributed by atoms with Crippen LogP contribution < -0.4 is 16.2 Å². The topological polar surface area (TPSA) is 93.9 Å². The Kier molecular flexibility index (Phi) is 2.62. The van der Waals surface area contributed by atoms with Gasteiger partial charge in [-0.3, -0.25) is 4.98 Å². The van der Waals surface area contributed by atoms with Crippen LogP contribution in [0.15, 0.2) is 4.79 Å². The lowest BCUT2D eigenvalue weighted by Gasteiger charge is -2.00. The summed E-state index contributed by atoms with van der Waals surface area (Å²) in [5, 5.41) is 0. The van der Waals surface area contributed by atoms with Gasteiger partial charge in [0.05, 0.1) is 6.61 Å². The average molecular weight is 170 g/mol. The maximum absolute atomic E-state index is 10.7. The van der Waals surface area contributed by atoms with Crippen LogP contribution in [0.1, 0.15) is 13.3 Å². The summed E-state index contributed by atoms with van der Waals surface area (Å²) in [5.41, 5.74) is 4.70. The molecule has 0 atom stereocenters. The fraction of sp³-hybridized carbons (Fsp3) is 0.500. The van der Waals surface area contributed by atoms with Gasteiger partial charge in [0.25, 0.3) is 0 Å². The molecule has 0 saturated carbocycles. The number of nitrogens with two attached hydrogens (primary N) is 1. The molecule has 3 N–H and O–H groups in total. The molecule has 0 aliphatic rings. The number of aromatic nitrogens is 3. The highest BCUT2D eigenvalue weighted by molar-refractivity contribution is 5.14. The Balaban J connectivity index is 2.79. The van der Waals surface area contributed by atoms with Crippen LogP contribution in [-0.2, 0) is 0 Å². The van der Waals surface area contributed by atoms with Crippen LogP contribution in [0.25, 0.3) is 0 Å². The van der Waals surface area contributed by atoms with E-state index in [2.05, 4.69) is 15.0 Å². The molecular formula is C6H10N4O2. The van der Waals surface area contributed by atoms with E-state index >= 15 is 0 Å². The predicted molar refractivity (Wildman–Crippen MR) is 42.9 cm³/mol. The number of hydrogen-bond donors (Lipinski definition) is 2. The molecule has 1 aromatic rings. The molecule has 66 valence electrons. The van der Waals surface area contributed by atoms with Gasteiger partial charge in [-0.15, -0.1) is 4.98 Å². The third kappa shape index (κ3) is 2.22. The third-order valence-corrected chi connectivity index (χ3v) is 1.08. The van der Waals surface area contributed by atoms with E-state index in [1.165, 1.54) is 0 Å². The van der Waals surface area contributed by atoms with Crippen molar-refractivity contribution in [2.24, 2.45) is 0 Å². The molecule has 0 bridgehead atoms. The molecule has 0 unspecified atom stereocenters. The van der Waals surface area contributed by atoms with E-state index in [1.807, 2.05) is 6.92 Å². The van der Waals surface area contributed by atoms with E-state index in [1.54, 1.807) is 0 Å². The van der Waals surface area contributed by atoms with Crippen LogP contribution in [0.4, 0.5) is 5.95 Å². The zero-order valence-electron chi connectivity index (χ0n) is 6.70. The molecule has 1 rings (SSSR count). The Bertz CT molecular complexity index is 309. The highest BCUT2D eigenvalue weighted by atomic mass is 16.5. The van der Waals surface area contributed by atoms with Crippen LogP contribution in [0, 0.1) is 0 Å². The van der Waals surface area contributed by atoms with Crippen LogP contribution >= 0.6 is 0 Å². The van der Waals surface area contributed by atoms with Crippen LogP contribution in [-0.4, -0.2) is 21.6 Å². The van der Waals surface area contributed by atoms with Crippen LogP contribution in [0.3, 0.4) is 0 Å². The molecule has 0 amide bonds. The van der Waals surface area contributed by atoms with Gasteiger partial charge >= 0.3 is 11.7 Å². The predicted octanol–water partition coefficient (Wildman–Crippen LogP) is -0.464. The zero-order chi connectivity index (χ0) is 8.97. The summed E-state index contributed by atoms with van der Waals surface area (Å²) in [6, 6.07) is 0.0260. The average Bonchev–Trinajstić information content (AvgIpc) is 1.99. The smallest absolute Gasteiger partial charge is 0.352 e. The van der Waals surface area contributed by atoms with Crippen molar-refractivity contribution in [3.8, 4) is 6.01 Å². The van der Waals surface area contributed by atoms with E-state index < -0.39 is 5.69 Å². The highest BCUT2D eigenvalue weighted by Gasteiger charge is 1.99. The van der Waals surface area contributed by atoms with E-state index in [9.17, 15) is 4.79 Å². The molecule has 0 fully saturated rings. The maximum atomic E-state index is 10.7. The monoisotopic (exact) mass is 170 g/mol. The van der Waals surface area contributed by atoms with Gasteiger partial charge in [0.1, 0.15) is 0 Å². The largest absolute Gasteiger partial charge is 0.463 e. The molecule has 6 heteroatoms. The fourth-order valence-corrected chi connectivity index (χ4v) is 0.638. The number of nitrogens with zero attached hydrogens (tertiary/aromatic N) is 2. The lowest BCUT2D eigenvalue weighted by Crippen LogP contribution is -2.16. The number of nitrogen functional groups attached to an aromatic ring is 1. The van der Waals surface area contributed by atoms with Crippen molar-refractivity contribution in [1.29, 1.82) is 0 Å². The van der Waals surface area contributed by atoms with E-state index in [0.29, 0.717) is 6.61 Å². The molecule has 0 aromatic carbocycles. The summed E-state index contributed by atoms with van der Waals surface area (Å²) in [6.45, 7) is 2.42. The van der Waals surface area contributed by atoms with Gasteiger partial charge in [0, 0.05) is 0 Å². The summed E-state index contributed by atoms with van der Waals surface area (Å²) in [7, 11) is 0. The molecule has 0 aliphatic heterocycles. The van der Waals surface area contributed by atoms with E-state index in [-0.39, 0.29) is 12.0 Å². The van der Waals surface area contributed by atoms with Gasteiger partial charge in [-0.25, -0.2) is 4.79 Å². The number of H-pyrrole nitrogens is 1. The molecule has 1 heterocycles. The molecule has 0 aliphatic carbocycles. The summed E-state index contributed by atoms with van der Waals surface area (Å²) in [5.74, 6) is 0.0149. The second kappa shape index (κ2) is 3.70. The van der Waals surface area contributed by atoms with E-state index in [4.69, 9.17) is 10.5 Å². The summed E-state index contributed by atoms with van der Waals surface area (Å²) >= 11 is 0. The van der Waals surface area contributed by atoms with Crippen molar-refractivity contribution in [1.82, 2.24) is 15.0 Å². The number of rotatable bonds is 3. The zero-order valence-corrected chi connectivity index (χ0v) is 6.70. The first kappa shape index (κ1) is 8.51. The van der Waals surface area contributed by atoms with Crippen molar-refractivity contribution >= 4 is 5.95 Å². The number of aromatic amines is 1. The van der Waals surface area contributed by atoms with Crippen LogP contribution in [0.2, 0.25) is 0 Å². The first-order valence-corrected chi connectivity index (χ1v) is 3.59.